The second kappa shape index (κ2) is 7.84. The molecule has 0 atom stereocenters. The number of aromatic nitrogens is 2. The normalized spacial score (nSPS) is 15.1. The molecule has 1 saturated heterocycles. The number of phenolic OH excluding ortho intramolecular Hbond substituents is 1. The van der Waals surface area contributed by atoms with Crippen molar-refractivity contribution in [3.05, 3.63) is 70.8 Å². The van der Waals surface area contributed by atoms with Crippen LogP contribution in [-0.2, 0) is 11.3 Å². The molecule has 1 aliphatic heterocycles. The first-order valence-corrected chi connectivity index (χ1v) is 9.63. The largest absolute Gasteiger partial charge is 0.508 e. The van der Waals surface area contributed by atoms with E-state index in [0.717, 1.165) is 25.9 Å². The summed E-state index contributed by atoms with van der Waals surface area (Å²) in [4.78, 5) is 31.3. The maximum Gasteiger partial charge on any atom is 0.261 e. The van der Waals surface area contributed by atoms with E-state index in [4.69, 9.17) is 0 Å². The van der Waals surface area contributed by atoms with E-state index in [1.807, 2.05) is 35.2 Å². The second-order valence-corrected chi connectivity index (χ2v) is 7.26. The molecule has 2 heterocycles. The number of nitrogens with zero attached hydrogens (tertiary/aromatic N) is 3. The Bertz CT molecular complexity index is 1030. The van der Waals surface area contributed by atoms with Gasteiger partial charge in [0, 0.05) is 26.1 Å². The van der Waals surface area contributed by atoms with Gasteiger partial charge in [0.15, 0.2) is 0 Å². The van der Waals surface area contributed by atoms with E-state index < -0.39 is 0 Å². The number of likely N-dealkylation sites (tertiary alicyclic amines) is 1. The quantitative estimate of drug-likeness (QED) is 0.759. The molecule has 0 unspecified atom stereocenters. The highest BCUT2D eigenvalue weighted by atomic mass is 16.3. The summed E-state index contributed by atoms with van der Waals surface area (Å²) in [6.07, 6.45) is 3.64. The SMILES string of the molecule is O=C(CCn1cnc2ccccc2c1=O)N1CCC(c2ccc(O)cc2)CC1. The second-order valence-electron chi connectivity index (χ2n) is 7.26. The molecule has 0 spiro atoms. The van der Waals surface area contributed by atoms with Crippen molar-refractivity contribution in [1.29, 1.82) is 0 Å². The van der Waals surface area contributed by atoms with E-state index in [9.17, 15) is 14.7 Å². The molecular formula is C22H23N3O3. The van der Waals surface area contributed by atoms with Crippen LogP contribution < -0.4 is 5.56 Å². The molecule has 1 amide bonds. The molecule has 3 aromatic rings. The molecule has 144 valence electrons. The van der Waals surface area contributed by atoms with E-state index in [0.29, 0.717) is 29.8 Å². The number of benzene rings is 2. The Hall–Kier alpha value is -3.15. The zero-order valence-electron chi connectivity index (χ0n) is 15.6. The van der Waals surface area contributed by atoms with Gasteiger partial charge in [-0.15, -0.1) is 0 Å². The fourth-order valence-corrected chi connectivity index (χ4v) is 3.85. The molecule has 1 aromatic heterocycles. The van der Waals surface area contributed by atoms with Gasteiger partial charge in [-0.1, -0.05) is 24.3 Å². The molecule has 1 N–H and O–H groups in total. The molecule has 0 aliphatic carbocycles. The highest BCUT2D eigenvalue weighted by Crippen LogP contribution is 2.29. The number of fused-ring (bicyclic) bond motifs is 1. The average molecular weight is 377 g/mol. The van der Waals surface area contributed by atoms with Crippen molar-refractivity contribution in [3.63, 3.8) is 0 Å². The van der Waals surface area contributed by atoms with Gasteiger partial charge in [0.1, 0.15) is 5.75 Å². The van der Waals surface area contributed by atoms with Crippen molar-refractivity contribution in [2.45, 2.75) is 31.7 Å². The van der Waals surface area contributed by atoms with E-state index in [1.54, 1.807) is 18.2 Å². The number of carbonyl (C=O) groups is 1. The minimum absolute atomic E-state index is 0.0733. The Morgan fingerprint density at radius 3 is 2.54 bits per heavy atom. The highest BCUT2D eigenvalue weighted by Gasteiger charge is 2.23. The Kier molecular flexibility index (Phi) is 5.10. The summed E-state index contributed by atoms with van der Waals surface area (Å²) in [5.41, 5.74) is 1.77. The predicted octanol–water partition coefficient (Wildman–Crippen LogP) is 2.90. The van der Waals surface area contributed by atoms with Crippen LogP contribution in [0.3, 0.4) is 0 Å². The van der Waals surface area contributed by atoms with Crippen LogP contribution in [0.25, 0.3) is 10.9 Å². The summed E-state index contributed by atoms with van der Waals surface area (Å²) < 4.78 is 1.52. The van der Waals surface area contributed by atoms with Crippen LogP contribution in [0, 0.1) is 0 Å². The van der Waals surface area contributed by atoms with Gasteiger partial charge < -0.3 is 10.0 Å². The molecule has 28 heavy (non-hydrogen) atoms. The third-order valence-electron chi connectivity index (χ3n) is 5.51. The summed E-state index contributed by atoms with van der Waals surface area (Å²) in [5, 5.41) is 10.00. The molecule has 2 aromatic carbocycles. The average Bonchev–Trinajstić information content (AvgIpc) is 2.74. The van der Waals surface area contributed by atoms with Gasteiger partial charge in [0.25, 0.3) is 5.56 Å². The summed E-state index contributed by atoms with van der Waals surface area (Å²) in [5.74, 6) is 0.760. The maximum absolute atomic E-state index is 12.6. The van der Waals surface area contributed by atoms with Crippen LogP contribution in [0.5, 0.6) is 5.75 Å². The molecule has 0 radical (unpaired) electrons. The summed E-state index contributed by atoms with van der Waals surface area (Å²) >= 11 is 0. The molecule has 0 saturated carbocycles. The standard InChI is InChI=1S/C22H23N3O3/c26-18-7-5-16(6-8-18)17-9-12-24(13-10-17)21(27)11-14-25-15-23-20-4-2-1-3-19(20)22(25)28/h1-8,15,17,26H,9-14H2. The van der Waals surface area contributed by atoms with E-state index in [1.165, 1.54) is 16.5 Å². The number of aryl methyl sites for hydroxylation is 1. The summed E-state index contributed by atoms with van der Waals surface area (Å²) in [6.45, 7) is 1.78. The van der Waals surface area contributed by atoms with Gasteiger partial charge in [0.2, 0.25) is 5.91 Å². The molecular weight excluding hydrogens is 354 g/mol. The van der Waals surface area contributed by atoms with Gasteiger partial charge in [-0.05, 0) is 48.6 Å². The van der Waals surface area contributed by atoms with E-state index >= 15 is 0 Å². The van der Waals surface area contributed by atoms with Crippen molar-refractivity contribution in [2.75, 3.05) is 13.1 Å². The number of amides is 1. The maximum atomic E-state index is 12.6. The number of para-hydroxylation sites is 1. The zero-order valence-corrected chi connectivity index (χ0v) is 15.6. The van der Waals surface area contributed by atoms with Crippen LogP contribution in [0.4, 0.5) is 0 Å². The Labute approximate surface area is 163 Å². The number of hydrogen-bond acceptors (Lipinski definition) is 4. The number of aromatic hydroxyl groups is 1. The topological polar surface area (TPSA) is 75.4 Å². The van der Waals surface area contributed by atoms with Gasteiger partial charge in [-0.2, -0.15) is 0 Å². The Balaban J connectivity index is 1.34. The lowest BCUT2D eigenvalue weighted by Crippen LogP contribution is -2.38. The summed E-state index contributed by atoms with van der Waals surface area (Å²) in [6, 6.07) is 14.6. The van der Waals surface area contributed by atoms with Gasteiger partial charge in [0.05, 0.1) is 17.2 Å². The van der Waals surface area contributed by atoms with Crippen molar-refractivity contribution in [2.24, 2.45) is 0 Å². The molecule has 1 aliphatic rings. The van der Waals surface area contributed by atoms with Crippen LogP contribution >= 0.6 is 0 Å². The smallest absolute Gasteiger partial charge is 0.261 e. The fraction of sp³-hybridized carbons (Fsp3) is 0.318. The van der Waals surface area contributed by atoms with Crippen LogP contribution in [0.2, 0.25) is 0 Å². The number of piperidine rings is 1. The van der Waals surface area contributed by atoms with Gasteiger partial charge in [-0.3, -0.25) is 14.2 Å². The molecule has 1 fully saturated rings. The molecule has 4 rings (SSSR count). The van der Waals surface area contributed by atoms with E-state index in [-0.39, 0.29) is 17.2 Å². The molecule has 6 heteroatoms. The monoisotopic (exact) mass is 377 g/mol. The lowest BCUT2D eigenvalue weighted by molar-refractivity contribution is -0.132. The zero-order chi connectivity index (χ0) is 19.5. The number of rotatable bonds is 4. The van der Waals surface area contributed by atoms with E-state index in [2.05, 4.69) is 4.98 Å². The minimum atomic E-state index is -0.107. The number of phenols is 1. The van der Waals surface area contributed by atoms with Crippen LogP contribution in [0.1, 0.15) is 30.7 Å². The lowest BCUT2D eigenvalue weighted by atomic mass is 9.89. The first-order valence-electron chi connectivity index (χ1n) is 9.63. The lowest BCUT2D eigenvalue weighted by Gasteiger charge is -2.32. The van der Waals surface area contributed by atoms with Crippen molar-refractivity contribution in [1.82, 2.24) is 14.5 Å². The van der Waals surface area contributed by atoms with Gasteiger partial charge >= 0.3 is 0 Å². The Morgan fingerprint density at radius 1 is 1.07 bits per heavy atom. The van der Waals surface area contributed by atoms with Crippen LogP contribution in [0.15, 0.2) is 59.7 Å². The minimum Gasteiger partial charge on any atom is -0.508 e. The van der Waals surface area contributed by atoms with Gasteiger partial charge in [-0.25, -0.2) is 4.98 Å². The summed E-state index contributed by atoms with van der Waals surface area (Å²) in [7, 11) is 0. The van der Waals surface area contributed by atoms with Crippen LogP contribution in [-0.4, -0.2) is 38.6 Å². The number of hydrogen-bond donors (Lipinski definition) is 1. The first kappa shape index (κ1) is 18.2. The molecule has 6 nitrogen and oxygen atoms in total. The first-order chi connectivity index (χ1) is 13.6. The third-order valence-corrected chi connectivity index (χ3v) is 5.51. The Morgan fingerprint density at radius 2 is 1.79 bits per heavy atom. The van der Waals surface area contributed by atoms with Crippen molar-refractivity contribution < 1.29 is 9.90 Å². The number of carbonyl (C=O) groups excluding carboxylic acids is 1. The molecule has 0 bridgehead atoms. The predicted molar refractivity (Wildman–Crippen MR) is 107 cm³/mol. The fourth-order valence-electron chi connectivity index (χ4n) is 3.85. The van der Waals surface area contributed by atoms with Crippen molar-refractivity contribution in [3.8, 4) is 5.75 Å². The van der Waals surface area contributed by atoms with Crippen molar-refractivity contribution >= 4 is 16.8 Å². The highest BCUT2D eigenvalue weighted by molar-refractivity contribution is 5.77. The third kappa shape index (κ3) is 3.76.